The van der Waals surface area contributed by atoms with Gasteiger partial charge in [-0.05, 0) is 7.05 Å². The number of rotatable bonds is 4. The summed E-state index contributed by atoms with van der Waals surface area (Å²) in [5.74, 6) is 0.0673. The summed E-state index contributed by atoms with van der Waals surface area (Å²) >= 11 is 5.75. The molecule has 6 nitrogen and oxygen atoms in total. The summed E-state index contributed by atoms with van der Waals surface area (Å²) in [4.78, 5) is 7.38. The number of aliphatic hydroxyl groups excluding tert-OH is 2. The number of aliphatic hydroxyl groups is 2. The van der Waals surface area contributed by atoms with Crippen molar-refractivity contribution in [3.05, 3.63) is 17.0 Å². The quantitative estimate of drug-likeness (QED) is 0.513. The molecule has 0 aromatic carbocycles. The normalized spacial score (nSPS) is 14.9. The standard InChI is InChI=1S/C8H13ClN4O2/c1-11-2-4(14)6(15)5-7(9)12-3-13-8(5)10/h3-4,6,11,14-15H,2H2,1H3,(H2,10,12,13). The molecule has 1 aromatic rings. The lowest BCUT2D eigenvalue weighted by molar-refractivity contribution is 0.0203. The van der Waals surface area contributed by atoms with E-state index in [2.05, 4.69) is 15.3 Å². The molecule has 0 spiro atoms. The van der Waals surface area contributed by atoms with Crippen molar-refractivity contribution in [2.24, 2.45) is 0 Å². The average Bonchev–Trinajstić information content (AvgIpc) is 2.17. The Hall–Kier alpha value is -0.950. The van der Waals surface area contributed by atoms with Crippen molar-refractivity contribution in [1.29, 1.82) is 0 Å². The minimum absolute atomic E-state index is 0.0464. The summed E-state index contributed by atoms with van der Waals surface area (Å²) in [5, 5.41) is 22.1. The lowest BCUT2D eigenvalue weighted by atomic mass is 10.1. The van der Waals surface area contributed by atoms with E-state index in [0.29, 0.717) is 0 Å². The summed E-state index contributed by atoms with van der Waals surface area (Å²) in [7, 11) is 1.66. The van der Waals surface area contributed by atoms with Gasteiger partial charge < -0.3 is 21.3 Å². The molecular formula is C8H13ClN4O2. The fraction of sp³-hybridized carbons (Fsp3) is 0.500. The molecule has 0 saturated carbocycles. The molecular weight excluding hydrogens is 220 g/mol. The van der Waals surface area contributed by atoms with Gasteiger partial charge in [0.05, 0.1) is 11.7 Å². The molecule has 0 aliphatic rings. The number of nitrogens with two attached hydrogens (primary N) is 1. The lowest BCUT2D eigenvalue weighted by Crippen LogP contribution is -2.30. The molecule has 1 heterocycles. The van der Waals surface area contributed by atoms with Crippen molar-refractivity contribution in [3.63, 3.8) is 0 Å². The SMILES string of the molecule is CNCC(O)C(O)c1c(N)ncnc1Cl. The molecule has 0 aliphatic heterocycles. The van der Waals surface area contributed by atoms with Crippen LogP contribution in [0.2, 0.25) is 5.15 Å². The minimum atomic E-state index is -1.20. The van der Waals surface area contributed by atoms with Gasteiger partial charge >= 0.3 is 0 Å². The maximum absolute atomic E-state index is 9.75. The lowest BCUT2D eigenvalue weighted by Gasteiger charge is -2.19. The van der Waals surface area contributed by atoms with Crippen molar-refractivity contribution in [2.45, 2.75) is 12.2 Å². The third kappa shape index (κ3) is 2.75. The number of anilines is 1. The highest BCUT2D eigenvalue weighted by atomic mass is 35.5. The Balaban J connectivity index is 2.94. The van der Waals surface area contributed by atoms with Gasteiger partial charge in [0, 0.05) is 6.54 Å². The van der Waals surface area contributed by atoms with E-state index < -0.39 is 12.2 Å². The number of hydrogen-bond acceptors (Lipinski definition) is 6. The van der Waals surface area contributed by atoms with Gasteiger partial charge in [-0.2, -0.15) is 0 Å². The van der Waals surface area contributed by atoms with Crippen LogP contribution in [0.4, 0.5) is 5.82 Å². The summed E-state index contributed by atoms with van der Waals surface area (Å²) in [6.07, 6.45) is -1.02. The van der Waals surface area contributed by atoms with E-state index >= 15 is 0 Å². The number of nitrogens with zero attached hydrogens (tertiary/aromatic N) is 2. The van der Waals surface area contributed by atoms with Crippen LogP contribution >= 0.6 is 11.6 Å². The summed E-state index contributed by atoms with van der Waals surface area (Å²) in [6.45, 7) is 0.214. The van der Waals surface area contributed by atoms with Gasteiger partial charge in [-0.15, -0.1) is 0 Å². The van der Waals surface area contributed by atoms with E-state index in [0.717, 1.165) is 0 Å². The molecule has 15 heavy (non-hydrogen) atoms. The molecule has 0 aliphatic carbocycles. The smallest absolute Gasteiger partial charge is 0.140 e. The Morgan fingerprint density at radius 2 is 2.20 bits per heavy atom. The van der Waals surface area contributed by atoms with E-state index in [1.807, 2.05) is 0 Å². The number of hydrogen-bond donors (Lipinski definition) is 4. The van der Waals surface area contributed by atoms with Gasteiger partial charge in [0.25, 0.3) is 0 Å². The fourth-order valence-electron chi connectivity index (χ4n) is 1.17. The van der Waals surface area contributed by atoms with Crippen LogP contribution in [0.5, 0.6) is 0 Å². The largest absolute Gasteiger partial charge is 0.389 e. The molecule has 7 heteroatoms. The van der Waals surface area contributed by atoms with Gasteiger partial charge in [0.15, 0.2) is 0 Å². The second-order valence-corrected chi connectivity index (χ2v) is 3.39. The van der Waals surface area contributed by atoms with E-state index in [-0.39, 0.29) is 23.1 Å². The van der Waals surface area contributed by atoms with Gasteiger partial charge in [0.2, 0.25) is 0 Å². The maximum atomic E-state index is 9.75. The highest BCUT2D eigenvalue weighted by molar-refractivity contribution is 6.30. The molecule has 5 N–H and O–H groups in total. The predicted octanol–water partition coefficient (Wildman–Crippen LogP) is -0.674. The van der Waals surface area contributed by atoms with E-state index in [1.54, 1.807) is 7.05 Å². The Morgan fingerprint density at radius 1 is 1.53 bits per heavy atom. The number of aromatic nitrogens is 2. The predicted molar refractivity (Wildman–Crippen MR) is 56.3 cm³/mol. The Labute approximate surface area is 92.1 Å². The summed E-state index contributed by atoms with van der Waals surface area (Å²) < 4.78 is 0. The molecule has 2 atom stereocenters. The second-order valence-electron chi connectivity index (χ2n) is 3.03. The first-order valence-corrected chi connectivity index (χ1v) is 4.72. The van der Waals surface area contributed by atoms with Gasteiger partial charge in [-0.25, -0.2) is 9.97 Å². The van der Waals surface area contributed by atoms with Crippen LogP contribution < -0.4 is 11.1 Å². The molecule has 0 fully saturated rings. The zero-order valence-corrected chi connectivity index (χ0v) is 8.94. The zero-order valence-electron chi connectivity index (χ0n) is 8.18. The Morgan fingerprint density at radius 3 is 2.73 bits per heavy atom. The highest BCUT2D eigenvalue weighted by Crippen LogP contribution is 2.27. The first kappa shape index (κ1) is 12.1. The number of likely N-dealkylation sites (N-methyl/N-ethyl adjacent to an activating group) is 1. The van der Waals surface area contributed by atoms with Gasteiger partial charge in [-0.1, -0.05) is 11.6 Å². The van der Waals surface area contributed by atoms with Crippen LogP contribution in [-0.4, -0.2) is 39.9 Å². The first-order valence-electron chi connectivity index (χ1n) is 4.34. The van der Waals surface area contributed by atoms with E-state index in [9.17, 15) is 10.2 Å². The third-order valence-corrected chi connectivity index (χ3v) is 2.24. The minimum Gasteiger partial charge on any atom is -0.389 e. The van der Waals surface area contributed by atoms with Crippen molar-refractivity contribution >= 4 is 17.4 Å². The van der Waals surface area contributed by atoms with Crippen LogP contribution in [0.15, 0.2) is 6.33 Å². The van der Waals surface area contributed by atoms with E-state index in [1.165, 1.54) is 6.33 Å². The average molecular weight is 233 g/mol. The van der Waals surface area contributed by atoms with Crippen molar-refractivity contribution in [3.8, 4) is 0 Å². The number of halogens is 1. The summed E-state index contributed by atoms with van der Waals surface area (Å²) in [5.41, 5.74) is 5.68. The first-order chi connectivity index (χ1) is 7.07. The molecule has 2 unspecified atom stereocenters. The molecule has 1 aromatic heterocycles. The van der Waals surface area contributed by atoms with Crippen LogP contribution in [0.1, 0.15) is 11.7 Å². The van der Waals surface area contributed by atoms with Crippen molar-refractivity contribution < 1.29 is 10.2 Å². The van der Waals surface area contributed by atoms with Crippen LogP contribution in [-0.2, 0) is 0 Å². The summed E-state index contributed by atoms with van der Waals surface area (Å²) in [6, 6.07) is 0. The topological polar surface area (TPSA) is 104 Å². The molecule has 0 amide bonds. The van der Waals surface area contributed by atoms with Crippen LogP contribution in [0, 0.1) is 0 Å². The van der Waals surface area contributed by atoms with Gasteiger partial charge in [-0.3, -0.25) is 0 Å². The van der Waals surface area contributed by atoms with E-state index in [4.69, 9.17) is 17.3 Å². The molecule has 0 saturated heterocycles. The Bertz CT molecular complexity index is 316. The maximum Gasteiger partial charge on any atom is 0.140 e. The fourth-order valence-corrected chi connectivity index (χ4v) is 1.43. The highest BCUT2D eigenvalue weighted by Gasteiger charge is 2.23. The monoisotopic (exact) mass is 232 g/mol. The van der Waals surface area contributed by atoms with Crippen molar-refractivity contribution in [1.82, 2.24) is 15.3 Å². The molecule has 84 valence electrons. The van der Waals surface area contributed by atoms with Crippen LogP contribution in [0.3, 0.4) is 0 Å². The molecule has 0 radical (unpaired) electrons. The second kappa shape index (κ2) is 5.22. The number of nitrogen functional groups attached to an aromatic ring is 1. The van der Waals surface area contributed by atoms with Crippen molar-refractivity contribution in [2.75, 3.05) is 19.3 Å². The third-order valence-electron chi connectivity index (χ3n) is 1.94. The number of nitrogens with one attached hydrogen (secondary N) is 1. The molecule has 1 rings (SSSR count). The van der Waals surface area contributed by atoms with Crippen LogP contribution in [0.25, 0.3) is 0 Å². The zero-order chi connectivity index (χ0) is 11.4. The van der Waals surface area contributed by atoms with Gasteiger partial charge in [0.1, 0.15) is 23.4 Å². The molecule has 0 bridgehead atoms. The Kier molecular flexibility index (Phi) is 4.22.